The lowest BCUT2D eigenvalue weighted by Gasteiger charge is -2.09. The zero-order valence-electron chi connectivity index (χ0n) is 13.3. The molecule has 6 heteroatoms. The van der Waals surface area contributed by atoms with Gasteiger partial charge in [-0.2, -0.15) is 10.1 Å². The Morgan fingerprint density at radius 3 is 2.52 bits per heavy atom. The first kappa shape index (κ1) is 15.3. The van der Waals surface area contributed by atoms with Crippen LogP contribution in [0.4, 0.5) is 11.8 Å². The Morgan fingerprint density at radius 1 is 1.05 bits per heavy atom. The van der Waals surface area contributed by atoms with E-state index in [1.807, 2.05) is 31.5 Å². The minimum absolute atomic E-state index is 0.679. The fourth-order valence-electron chi connectivity index (χ4n) is 2.24. The molecule has 0 saturated carbocycles. The van der Waals surface area contributed by atoms with E-state index < -0.39 is 0 Å². The van der Waals surface area contributed by atoms with Crippen LogP contribution in [0.2, 0.25) is 0 Å². The summed E-state index contributed by atoms with van der Waals surface area (Å²) in [6.07, 6.45) is 1.00. The van der Waals surface area contributed by atoms with E-state index >= 15 is 0 Å². The maximum atomic E-state index is 4.46. The van der Waals surface area contributed by atoms with Crippen molar-refractivity contribution in [1.82, 2.24) is 19.7 Å². The third-order valence-electron chi connectivity index (χ3n) is 3.15. The van der Waals surface area contributed by atoms with Gasteiger partial charge in [-0.25, -0.2) is 4.98 Å². The topological polar surface area (TPSA) is 67.7 Å². The van der Waals surface area contributed by atoms with E-state index in [1.165, 1.54) is 5.69 Å². The average molecular weight is 288 g/mol. The summed E-state index contributed by atoms with van der Waals surface area (Å²) < 4.78 is 2.05. The molecule has 2 rings (SSSR count). The van der Waals surface area contributed by atoms with Crippen LogP contribution in [-0.2, 0) is 6.54 Å². The molecule has 0 atom stereocenters. The van der Waals surface area contributed by atoms with E-state index in [9.17, 15) is 0 Å². The van der Waals surface area contributed by atoms with Gasteiger partial charge in [0.15, 0.2) is 0 Å². The van der Waals surface area contributed by atoms with Crippen molar-refractivity contribution in [2.45, 2.75) is 40.7 Å². The maximum absolute atomic E-state index is 4.46. The van der Waals surface area contributed by atoms with Crippen molar-refractivity contribution in [3.63, 3.8) is 0 Å². The number of aromatic nitrogens is 4. The number of hydrogen-bond donors (Lipinski definition) is 2. The third kappa shape index (κ3) is 4.44. The van der Waals surface area contributed by atoms with Gasteiger partial charge in [0, 0.05) is 37.1 Å². The smallest absolute Gasteiger partial charge is 0.224 e. The van der Waals surface area contributed by atoms with Gasteiger partial charge in [0.1, 0.15) is 5.82 Å². The largest absolute Gasteiger partial charge is 0.370 e. The van der Waals surface area contributed by atoms with E-state index in [-0.39, 0.29) is 0 Å². The fraction of sp³-hybridized carbons (Fsp3) is 0.533. The first-order chi connectivity index (χ1) is 10.1. The van der Waals surface area contributed by atoms with Gasteiger partial charge in [-0.3, -0.25) is 4.68 Å². The number of rotatable bonds is 7. The summed E-state index contributed by atoms with van der Waals surface area (Å²) in [6.45, 7) is 10.7. The van der Waals surface area contributed by atoms with Gasteiger partial charge >= 0.3 is 0 Å². The monoisotopic (exact) mass is 288 g/mol. The van der Waals surface area contributed by atoms with Crippen LogP contribution in [0, 0.1) is 20.8 Å². The molecule has 0 aliphatic carbocycles. The lowest BCUT2D eigenvalue weighted by molar-refractivity contribution is 0.573. The standard InChI is InChI=1S/C15H24N6/c1-5-16-15-18-11(2)10-14(19-15)17-7-6-8-21-13(4)9-12(3)20-21/h9-10H,5-8H2,1-4H3,(H2,16,17,18,19). The van der Waals surface area contributed by atoms with E-state index in [4.69, 9.17) is 0 Å². The second kappa shape index (κ2) is 7.06. The number of nitrogens with one attached hydrogen (secondary N) is 2. The molecule has 0 bridgehead atoms. The van der Waals surface area contributed by atoms with Crippen LogP contribution in [-0.4, -0.2) is 32.8 Å². The van der Waals surface area contributed by atoms with Crippen LogP contribution in [0.5, 0.6) is 0 Å². The summed E-state index contributed by atoms with van der Waals surface area (Å²) in [7, 11) is 0. The predicted octanol–water partition coefficient (Wildman–Crippen LogP) is 2.53. The second-order valence-electron chi connectivity index (χ2n) is 5.18. The summed E-state index contributed by atoms with van der Waals surface area (Å²) in [5, 5.41) is 10.9. The van der Waals surface area contributed by atoms with Crippen molar-refractivity contribution in [1.29, 1.82) is 0 Å². The molecule has 2 aromatic heterocycles. The molecular weight excluding hydrogens is 264 g/mol. The van der Waals surface area contributed by atoms with E-state index in [1.54, 1.807) is 0 Å². The highest BCUT2D eigenvalue weighted by atomic mass is 15.3. The van der Waals surface area contributed by atoms with Crippen LogP contribution in [0.3, 0.4) is 0 Å². The summed E-state index contributed by atoms with van der Waals surface area (Å²) in [4.78, 5) is 8.77. The molecule has 2 aromatic rings. The molecular formula is C15H24N6. The van der Waals surface area contributed by atoms with Gasteiger partial charge in [-0.15, -0.1) is 0 Å². The highest BCUT2D eigenvalue weighted by molar-refractivity contribution is 5.41. The summed E-state index contributed by atoms with van der Waals surface area (Å²) in [5.41, 5.74) is 3.24. The predicted molar refractivity (Wildman–Crippen MR) is 85.7 cm³/mol. The van der Waals surface area contributed by atoms with Crippen molar-refractivity contribution < 1.29 is 0 Å². The van der Waals surface area contributed by atoms with E-state index in [0.717, 1.165) is 43.3 Å². The van der Waals surface area contributed by atoms with Crippen LogP contribution in [0.15, 0.2) is 12.1 Å². The fourth-order valence-corrected chi connectivity index (χ4v) is 2.24. The first-order valence-corrected chi connectivity index (χ1v) is 7.43. The number of nitrogens with zero attached hydrogens (tertiary/aromatic N) is 4. The van der Waals surface area contributed by atoms with Crippen LogP contribution in [0.25, 0.3) is 0 Å². The summed E-state index contributed by atoms with van der Waals surface area (Å²) >= 11 is 0. The van der Waals surface area contributed by atoms with Crippen LogP contribution < -0.4 is 10.6 Å². The molecule has 114 valence electrons. The van der Waals surface area contributed by atoms with Gasteiger partial charge in [-0.1, -0.05) is 0 Å². The Bertz CT molecular complexity index is 590. The SMILES string of the molecule is CCNc1nc(C)cc(NCCCn2nc(C)cc2C)n1. The second-order valence-corrected chi connectivity index (χ2v) is 5.18. The van der Waals surface area contributed by atoms with Gasteiger partial charge in [-0.05, 0) is 40.2 Å². The quantitative estimate of drug-likeness (QED) is 0.766. The van der Waals surface area contributed by atoms with Crippen molar-refractivity contribution in [3.05, 3.63) is 29.2 Å². The number of hydrogen-bond acceptors (Lipinski definition) is 5. The molecule has 6 nitrogen and oxygen atoms in total. The molecule has 0 spiro atoms. The molecule has 0 unspecified atom stereocenters. The molecule has 0 aliphatic heterocycles. The van der Waals surface area contributed by atoms with E-state index in [0.29, 0.717) is 5.95 Å². The Labute approximate surface area is 126 Å². The number of aryl methyl sites for hydroxylation is 4. The zero-order valence-corrected chi connectivity index (χ0v) is 13.3. The van der Waals surface area contributed by atoms with Crippen molar-refractivity contribution in [2.24, 2.45) is 0 Å². The minimum Gasteiger partial charge on any atom is -0.370 e. The van der Waals surface area contributed by atoms with Gasteiger partial charge < -0.3 is 10.6 Å². The van der Waals surface area contributed by atoms with E-state index in [2.05, 4.69) is 38.7 Å². The molecule has 2 heterocycles. The van der Waals surface area contributed by atoms with Crippen LogP contribution >= 0.6 is 0 Å². The Morgan fingerprint density at radius 2 is 1.86 bits per heavy atom. The van der Waals surface area contributed by atoms with Crippen molar-refractivity contribution >= 4 is 11.8 Å². The number of anilines is 2. The lowest BCUT2D eigenvalue weighted by atomic mass is 10.3. The summed E-state index contributed by atoms with van der Waals surface area (Å²) in [6, 6.07) is 4.06. The molecule has 0 amide bonds. The third-order valence-corrected chi connectivity index (χ3v) is 3.15. The average Bonchev–Trinajstić information content (AvgIpc) is 2.73. The molecule has 0 radical (unpaired) electrons. The van der Waals surface area contributed by atoms with Crippen molar-refractivity contribution in [3.8, 4) is 0 Å². The molecule has 0 fully saturated rings. The molecule has 0 aliphatic rings. The maximum Gasteiger partial charge on any atom is 0.224 e. The molecule has 2 N–H and O–H groups in total. The molecule has 0 saturated heterocycles. The Hall–Kier alpha value is -2.11. The van der Waals surface area contributed by atoms with Gasteiger partial charge in [0.25, 0.3) is 0 Å². The lowest BCUT2D eigenvalue weighted by Crippen LogP contribution is -2.11. The highest BCUT2D eigenvalue weighted by Crippen LogP contribution is 2.09. The summed E-state index contributed by atoms with van der Waals surface area (Å²) in [5.74, 6) is 1.55. The van der Waals surface area contributed by atoms with Gasteiger partial charge in [0.2, 0.25) is 5.95 Å². The Balaban J connectivity index is 1.84. The Kier molecular flexibility index (Phi) is 5.14. The van der Waals surface area contributed by atoms with Gasteiger partial charge in [0.05, 0.1) is 5.69 Å². The normalized spacial score (nSPS) is 10.7. The van der Waals surface area contributed by atoms with Crippen molar-refractivity contribution in [2.75, 3.05) is 23.7 Å². The first-order valence-electron chi connectivity index (χ1n) is 7.43. The molecule has 0 aromatic carbocycles. The highest BCUT2D eigenvalue weighted by Gasteiger charge is 2.02. The molecule has 21 heavy (non-hydrogen) atoms. The minimum atomic E-state index is 0.679. The zero-order chi connectivity index (χ0) is 15.2. The van der Waals surface area contributed by atoms with Crippen LogP contribution in [0.1, 0.15) is 30.4 Å².